The second kappa shape index (κ2) is 8.01. The monoisotopic (exact) mass is 392 g/mol. The zero-order valence-electron chi connectivity index (χ0n) is 13.3. The summed E-state index contributed by atoms with van der Waals surface area (Å²) < 4.78 is 11.3. The molecule has 4 rings (SSSR count). The minimum Gasteiger partial charge on any atom is -0.494 e. The molecule has 1 aromatic carbocycles. The Bertz CT molecular complexity index is 934. The van der Waals surface area contributed by atoms with Gasteiger partial charge in [0.15, 0.2) is 10.6 Å². The molecule has 2 N–H and O–H groups in total. The Hall–Kier alpha value is -1.86. The second-order valence-electron chi connectivity index (χ2n) is 5.48. The molecule has 25 heavy (non-hydrogen) atoms. The van der Waals surface area contributed by atoms with Crippen LogP contribution in [-0.2, 0) is 0 Å². The topological polar surface area (TPSA) is 61.3 Å². The molecule has 0 amide bonds. The molecule has 1 atom stereocenters. The van der Waals surface area contributed by atoms with Crippen molar-refractivity contribution in [2.45, 2.75) is 12.5 Å². The van der Waals surface area contributed by atoms with Crippen LogP contribution in [-0.4, -0.2) is 11.8 Å². The fraction of sp³-hybridized carbons (Fsp3) is 0.167. The number of hydrogen-bond acceptors (Lipinski definition) is 6. The second-order valence-corrected chi connectivity index (χ2v) is 7.15. The lowest BCUT2D eigenvalue weighted by Crippen LogP contribution is -2.13. The average Bonchev–Trinajstić information content (AvgIpc) is 3.32. The first-order valence-electron chi connectivity index (χ1n) is 7.65. The minimum atomic E-state index is 0. The van der Waals surface area contributed by atoms with E-state index in [1.165, 1.54) is 5.56 Å². The highest BCUT2D eigenvalue weighted by Crippen LogP contribution is 2.33. The maximum absolute atomic E-state index is 6.17. The van der Waals surface area contributed by atoms with Gasteiger partial charge in [0.05, 0.1) is 12.0 Å². The fourth-order valence-electron chi connectivity index (χ4n) is 2.57. The lowest BCUT2D eigenvalue weighted by Gasteiger charge is -2.11. The number of thiophene rings is 2. The van der Waals surface area contributed by atoms with Crippen LogP contribution in [0.4, 0.5) is 0 Å². The van der Waals surface area contributed by atoms with E-state index in [4.69, 9.17) is 15.0 Å². The van der Waals surface area contributed by atoms with E-state index in [0.717, 1.165) is 33.7 Å². The highest BCUT2D eigenvalue weighted by molar-refractivity contribution is 7.16. The van der Waals surface area contributed by atoms with Gasteiger partial charge < -0.3 is 15.0 Å². The number of ether oxygens (including phenoxy) is 1. The number of rotatable bonds is 6. The van der Waals surface area contributed by atoms with Gasteiger partial charge in [0, 0.05) is 18.0 Å². The Balaban J connectivity index is 0.00000182. The van der Waals surface area contributed by atoms with Crippen molar-refractivity contribution in [3.8, 4) is 17.1 Å². The van der Waals surface area contributed by atoms with Crippen LogP contribution < -0.4 is 10.5 Å². The van der Waals surface area contributed by atoms with E-state index in [9.17, 15) is 0 Å². The van der Waals surface area contributed by atoms with Crippen LogP contribution in [0, 0.1) is 0 Å². The number of halogens is 1. The van der Waals surface area contributed by atoms with Gasteiger partial charge in [-0.2, -0.15) is 11.3 Å². The van der Waals surface area contributed by atoms with Crippen LogP contribution >= 0.6 is 35.1 Å². The summed E-state index contributed by atoms with van der Waals surface area (Å²) in [6.07, 6.45) is 0.776. The van der Waals surface area contributed by atoms with Crippen molar-refractivity contribution in [2.75, 3.05) is 6.61 Å². The smallest absolute Gasteiger partial charge is 0.175 e. The van der Waals surface area contributed by atoms with E-state index >= 15 is 0 Å². The quantitative estimate of drug-likeness (QED) is 0.470. The summed E-state index contributed by atoms with van der Waals surface area (Å²) in [5.74, 6) is 1.59. The molecule has 0 saturated carbocycles. The van der Waals surface area contributed by atoms with Gasteiger partial charge in [-0.15, -0.1) is 23.7 Å². The number of aromatic nitrogens is 1. The molecule has 3 aromatic heterocycles. The molecule has 4 nitrogen and oxygen atoms in total. The third kappa shape index (κ3) is 3.88. The van der Waals surface area contributed by atoms with Crippen molar-refractivity contribution in [1.82, 2.24) is 5.16 Å². The summed E-state index contributed by atoms with van der Waals surface area (Å²) in [4.78, 5) is 0.915. The largest absolute Gasteiger partial charge is 0.494 e. The van der Waals surface area contributed by atoms with Gasteiger partial charge in [0.1, 0.15) is 5.75 Å². The molecule has 1 unspecified atom stereocenters. The van der Waals surface area contributed by atoms with Crippen LogP contribution in [0.5, 0.6) is 5.75 Å². The summed E-state index contributed by atoms with van der Waals surface area (Å²) >= 11 is 3.24. The highest BCUT2D eigenvalue weighted by Gasteiger charge is 2.12. The molecule has 0 aliphatic carbocycles. The maximum Gasteiger partial charge on any atom is 0.175 e. The average molecular weight is 393 g/mol. The number of benzene rings is 1. The number of nitrogens with two attached hydrogens (primary N) is 1. The number of nitrogens with zero attached hydrogens (tertiary/aromatic N) is 1. The molecule has 3 heterocycles. The first kappa shape index (κ1) is 17.9. The Kier molecular flexibility index (Phi) is 5.75. The summed E-state index contributed by atoms with van der Waals surface area (Å²) in [5.41, 5.74) is 8.30. The molecular weight excluding hydrogens is 376 g/mol. The lowest BCUT2D eigenvalue weighted by atomic mass is 10.1. The van der Waals surface area contributed by atoms with Crippen molar-refractivity contribution < 1.29 is 9.26 Å². The molecule has 0 spiro atoms. The van der Waals surface area contributed by atoms with Crippen molar-refractivity contribution >= 4 is 45.3 Å². The predicted molar refractivity (Wildman–Crippen MR) is 106 cm³/mol. The Morgan fingerprint density at radius 1 is 1.20 bits per heavy atom. The van der Waals surface area contributed by atoms with Crippen LogP contribution in [0.2, 0.25) is 0 Å². The molecule has 0 bridgehead atoms. The zero-order valence-corrected chi connectivity index (χ0v) is 15.7. The van der Waals surface area contributed by atoms with Crippen LogP contribution in [0.15, 0.2) is 57.1 Å². The molecule has 4 aromatic rings. The lowest BCUT2D eigenvalue weighted by molar-refractivity contribution is 0.298. The molecule has 0 aliphatic rings. The van der Waals surface area contributed by atoms with Gasteiger partial charge in [0.2, 0.25) is 0 Å². The standard InChI is InChI=1S/C18H16N2O2S2.ClH/c19-16(13-5-8-23-11-13)4-7-21-14-3-1-2-12(10-14)17-15-6-9-24-18(15)20-22-17;/h1-3,5-6,8-11,16H,4,7,19H2;1H. The Labute approximate surface area is 159 Å². The molecule has 0 saturated heterocycles. The fourth-order valence-corrected chi connectivity index (χ4v) is 4.00. The maximum atomic E-state index is 6.17. The van der Waals surface area contributed by atoms with Gasteiger partial charge in [-0.3, -0.25) is 0 Å². The van der Waals surface area contributed by atoms with E-state index in [-0.39, 0.29) is 18.4 Å². The van der Waals surface area contributed by atoms with E-state index in [1.54, 1.807) is 22.7 Å². The van der Waals surface area contributed by atoms with Gasteiger partial charge in [-0.1, -0.05) is 17.3 Å². The summed E-state index contributed by atoms with van der Waals surface area (Å²) in [7, 11) is 0. The Morgan fingerprint density at radius 2 is 2.12 bits per heavy atom. The highest BCUT2D eigenvalue weighted by atomic mass is 35.5. The Morgan fingerprint density at radius 3 is 2.96 bits per heavy atom. The molecular formula is C18H17ClN2O2S2. The van der Waals surface area contributed by atoms with Crippen molar-refractivity contribution in [1.29, 1.82) is 0 Å². The summed E-state index contributed by atoms with van der Waals surface area (Å²) in [5, 5.41) is 11.3. The van der Waals surface area contributed by atoms with Gasteiger partial charge in [-0.25, -0.2) is 0 Å². The number of hydrogen-bond donors (Lipinski definition) is 1. The first-order valence-corrected chi connectivity index (χ1v) is 9.47. The third-order valence-corrected chi connectivity index (χ3v) is 5.37. The van der Waals surface area contributed by atoms with Gasteiger partial charge in [0.25, 0.3) is 0 Å². The summed E-state index contributed by atoms with van der Waals surface area (Å²) in [6.45, 7) is 0.574. The van der Waals surface area contributed by atoms with Crippen molar-refractivity contribution in [3.63, 3.8) is 0 Å². The van der Waals surface area contributed by atoms with Crippen LogP contribution in [0.1, 0.15) is 18.0 Å². The first-order chi connectivity index (χ1) is 11.8. The molecule has 0 radical (unpaired) electrons. The van der Waals surface area contributed by atoms with Crippen LogP contribution in [0.25, 0.3) is 21.5 Å². The normalized spacial score (nSPS) is 12.0. The minimum absolute atomic E-state index is 0. The van der Waals surface area contributed by atoms with E-state index in [2.05, 4.69) is 16.6 Å². The van der Waals surface area contributed by atoms with E-state index < -0.39 is 0 Å². The number of fused-ring (bicyclic) bond motifs is 1. The summed E-state index contributed by atoms with van der Waals surface area (Å²) in [6, 6.07) is 12.0. The SMILES string of the molecule is Cl.NC(CCOc1cccc(-c2onc3sccc23)c1)c1ccsc1. The van der Waals surface area contributed by atoms with Gasteiger partial charge >= 0.3 is 0 Å². The molecule has 0 fully saturated rings. The molecule has 7 heteroatoms. The van der Waals surface area contributed by atoms with E-state index in [0.29, 0.717) is 6.61 Å². The van der Waals surface area contributed by atoms with E-state index in [1.807, 2.05) is 41.1 Å². The van der Waals surface area contributed by atoms with Gasteiger partial charge in [-0.05, 0) is 46.0 Å². The molecule has 0 aliphatic heterocycles. The predicted octanol–water partition coefficient (Wildman–Crippen LogP) is 5.51. The third-order valence-electron chi connectivity index (χ3n) is 3.87. The molecule has 130 valence electrons. The van der Waals surface area contributed by atoms with Crippen LogP contribution in [0.3, 0.4) is 0 Å². The van der Waals surface area contributed by atoms with Crippen molar-refractivity contribution in [2.24, 2.45) is 5.73 Å². The zero-order chi connectivity index (χ0) is 16.4. The van der Waals surface area contributed by atoms with Crippen molar-refractivity contribution in [3.05, 3.63) is 58.1 Å².